The van der Waals surface area contributed by atoms with E-state index in [4.69, 9.17) is 5.73 Å². The predicted molar refractivity (Wildman–Crippen MR) is 70.7 cm³/mol. The fraction of sp³-hybridized carbons (Fsp3) is 0.357. The van der Waals surface area contributed by atoms with Crippen LogP contribution in [0.3, 0.4) is 0 Å². The first-order chi connectivity index (χ1) is 8.04. The lowest BCUT2D eigenvalue weighted by Gasteiger charge is -2.11. The molecular formula is C14H19N3. The van der Waals surface area contributed by atoms with Crippen molar-refractivity contribution in [2.24, 2.45) is 12.8 Å². The van der Waals surface area contributed by atoms with E-state index in [1.807, 2.05) is 17.9 Å². The second-order valence-electron chi connectivity index (χ2n) is 4.63. The number of benzene rings is 1. The summed E-state index contributed by atoms with van der Waals surface area (Å²) in [6.07, 6.45) is 1.83. The molecule has 2 N–H and O–H groups in total. The van der Waals surface area contributed by atoms with Crippen molar-refractivity contribution < 1.29 is 0 Å². The number of aryl methyl sites for hydroxylation is 4. The molecule has 0 atom stereocenters. The van der Waals surface area contributed by atoms with E-state index in [2.05, 4.69) is 37.9 Å². The summed E-state index contributed by atoms with van der Waals surface area (Å²) >= 11 is 0. The normalized spacial score (nSPS) is 10.9. The molecule has 1 aromatic carbocycles. The molecule has 0 saturated carbocycles. The summed E-state index contributed by atoms with van der Waals surface area (Å²) in [6.45, 7) is 6.89. The van der Waals surface area contributed by atoms with Gasteiger partial charge in [0.2, 0.25) is 0 Å². The molecule has 0 spiro atoms. The van der Waals surface area contributed by atoms with Crippen LogP contribution in [0, 0.1) is 20.8 Å². The molecule has 0 saturated heterocycles. The Morgan fingerprint density at radius 1 is 1.18 bits per heavy atom. The summed E-state index contributed by atoms with van der Waals surface area (Å²) in [6, 6.07) is 4.38. The molecule has 0 aliphatic heterocycles. The summed E-state index contributed by atoms with van der Waals surface area (Å²) in [4.78, 5) is 4.49. The molecule has 0 radical (unpaired) electrons. The highest BCUT2D eigenvalue weighted by Crippen LogP contribution is 2.29. The fourth-order valence-corrected chi connectivity index (χ4v) is 2.46. The Morgan fingerprint density at radius 3 is 2.29 bits per heavy atom. The molecular weight excluding hydrogens is 210 g/mol. The van der Waals surface area contributed by atoms with E-state index >= 15 is 0 Å². The zero-order chi connectivity index (χ0) is 12.6. The summed E-state index contributed by atoms with van der Waals surface area (Å²) in [5, 5.41) is 0. The fourth-order valence-electron chi connectivity index (χ4n) is 2.46. The van der Waals surface area contributed by atoms with Crippen molar-refractivity contribution in [1.29, 1.82) is 0 Å². The summed E-state index contributed by atoms with van der Waals surface area (Å²) in [5.41, 5.74) is 12.9. The zero-order valence-corrected chi connectivity index (χ0v) is 10.9. The van der Waals surface area contributed by atoms with Crippen LogP contribution in [0.15, 0.2) is 18.5 Å². The summed E-state index contributed by atoms with van der Waals surface area (Å²) in [5.74, 6) is 0. The van der Waals surface area contributed by atoms with E-state index in [1.165, 1.54) is 22.3 Å². The Bertz CT molecular complexity index is 530. The monoisotopic (exact) mass is 229 g/mol. The minimum absolute atomic E-state index is 0.512. The first-order valence-corrected chi connectivity index (χ1v) is 5.83. The van der Waals surface area contributed by atoms with Crippen LogP contribution < -0.4 is 5.73 Å². The largest absolute Gasteiger partial charge is 0.336 e. The molecule has 3 nitrogen and oxygen atoms in total. The first kappa shape index (κ1) is 11.9. The van der Waals surface area contributed by atoms with Crippen LogP contribution in [0.25, 0.3) is 11.3 Å². The van der Waals surface area contributed by atoms with Crippen LogP contribution in [0.4, 0.5) is 0 Å². The lowest BCUT2D eigenvalue weighted by atomic mass is 9.96. The Kier molecular flexibility index (Phi) is 3.03. The molecule has 0 aliphatic rings. The van der Waals surface area contributed by atoms with Gasteiger partial charge < -0.3 is 10.3 Å². The number of hydrogen-bond acceptors (Lipinski definition) is 2. The van der Waals surface area contributed by atoms with Gasteiger partial charge in [0.25, 0.3) is 0 Å². The number of aromatic nitrogens is 2. The topological polar surface area (TPSA) is 43.8 Å². The van der Waals surface area contributed by atoms with Crippen molar-refractivity contribution in [1.82, 2.24) is 9.55 Å². The van der Waals surface area contributed by atoms with Crippen LogP contribution in [0.1, 0.15) is 22.4 Å². The van der Waals surface area contributed by atoms with E-state index in [1.54, 1.807) is 0 Å². The maximum atomic E-state index is 5.80. The van der Waals surface area contributed by atoms with Gasteiger partial charge in [-0.3, -0.25) is 0 Å². The molecule has 17 heavy (non-hydrogen) atoms. The van der Waals surface area contributed by atoms with Crippen molar-refractivity contribution >= 4 is 0 Å². The molecule has 0 aliphatic carbocycles. The predicted octanol–water partition coefficient (Wildman–Crippen LogP) is 2.47. The lowest BCUT2D eigenvalue weighted by molar-refractivity contribution is 0.821. The van der Waals surface area contributed by atoms with E-state index in [0.29, 0.717) is 6.54 Å². The van der Waals surface area contributed by atoms with Gasteiger partial charge in [0.1, 0.15) is 0 Å². The highest BCUT2D eigenvalue weighted by atomic mass is 15.0. The molecule has 0 bridgehead atoms. The number of imidazole rings is 1. The van der Waals surface area contributed by atoms with Crippen molar-refractivity contribution in [2.45, 2.75) is 27.3 Å². The third kappa shape index (κ3) is 1.98. The van der Waals surface area contributed by atoms with Gasteiger partial charge in [-0.1, -0.05) is 17.7 Å². The average Bonchev–Trinajstić information content (AvgIpc) is 2.58. The highest BCUT2D eigenvalue weighted by Gasteiger charge is 2.14. The Morgan fingerprint density at radius 2 is 1.76 bits per heavy atom. The molecule has 0 amide bonds. The number of hydrogen-bond donors (Lipinski definition) is 1. The molecule has 1 heterocycles. The Balaban J connectivity index is 2.68. The standard InChI is InChI=1S/C14H19N3/c1-9-5-10(2)13(11(3)6-9)14-12(7-15)17(4)8-16-14/h5-6,8H,7,15H2,1-4H3. The highest BCUT2D eigenvalue weighted by molar-refractivity contribution is 5.70. The number of rotatable bonds is 2. The first-order valence-electron chi connectivity index (χ1n) is 5.83. The maximum absolute atomic E-state index is 5.80. The van der Waals surface area contributed by atoms with Crippen molar-refractivity contribution in [3.63, 3.8) is 0 Å². The minimum atomic E-state index is 0.512. The third-order valence-electron chi connectivity index (χ3n) is 3.17. The van der Waals surface area contributed by atoms with Gasteiger partial charge in [-0.15, -0.1) is 0 Å². The van der Waals surface area contributed by atoms with Crippen LogP contribution in [-0.4, -0.2) is 9.55 Å². The quantitative estimate of drug-likeness (QED) is 0.859. The van der Waals surface area contributed by atoms with Crippen molar-refractivity contribution in [3.05, 3.63) is 40.8 Å². The SMILES string of the molecule is Cc1cc(C)c(-c2ncn(C)c2CN)c(C)c1. The molecule has 2 aromatic rings. The average molecular weight is 229 g/mol. The van der Waals surface area contributed by atoms with Gasteiger partial charge in [-0.25, -0.2) is 4.98 Å². The van der Waals surface area contributed by atoms with Crippen LogP contribution in [0.2, 0.25) is 0 Å². The molecule has 2 rings (SSSR count). The van der Waals surface area contributed by atoms with E-state index < -0.39 is 0 Å². The second-order valence-corrected chi connectivity index (χ2v) is 4.63. The second kappa shape index (κ2) is 4.34. The molecule has 0 fully saturated rings. The van der Waals surface area contributed by atoms with Crippen molar-refractivity contribution in [3.8, 4) is 11.3 Å². The minimum Gasteiger partial charge on any atom is -0.336 e. The van der Waals surface area contributed by atoms with E-state index in [-0.39, 0.29) is 0 Å². The Hall–Kier alpha value is -1.61. The van der Waals surface area contributed by atoms with E-state index in [0.717, 1.165) is 11.4 Å². The maximum Gasteiger partial charge on any atom is 0.0953 e. The van der Waals surface area contributed by atoms with Crippen LogP contribution in [-0.2, 0) is 13.6 Å². The smallest absolute Gasteiger partial charge is 0.0953 e. The molecule has 3 heteroatoms. The summed E-state index contributed by atoms with van der Waals surface area (Å²) in [7, 11) is 1.98. The molecule has 0 unspecified atom stereocenters. The van der Waals surface area contributed by atoms with Gasteiger partial charge >= 0.3 is 0 Å². The molecule has 90 valence electrons. The van der Waals surface area contributed by atoms with Gasteiger partial charge in [0.15, 0.2) is 0 Å². The van der Waals surface area contributed by atoms with Crippen LogP contribution >= 0.6 is 0 Å². The lowest BCUT2D eigenvalue weighted by Crippen LogP contribution is -2.05. The van der Waals surface area contributed by atoms with Gasteiger partial charge in [-0.2, -0.15) is 0 Å². The van der Waals surface area contributed by atoms with Crippen LogP contribution in [0.5, 0.6) is 0 Å². The van der Waals surface area contributed by atoms with Gasteiger partial charge in [0.05, 0.1) is 17.7 Å². The van der Waals surface area contributed by atoms with Crippen molar-refractivity contribution in [2.75, 3.05) is 0 Å². The van der Waals surface area contributed by atoms with Gasteiger partial charge in [0, 0.05) is 19.2 Å². The zero-order valence-electron chi connectivity index (χ0n) is 10.9. The number of nitrogens with two attached hydrogens (primary N) is 1. The third-order valence-corrected chi connectivity index (χ3v) is 3.17. The Labute approximate surface area is 102 Å². The van der Waals surface area contributed by atoms with E-state index in [9.17, 15) is 0 Å². The van der Waals surface area contributed by atoms with Gasteiger partial charge in [-0.05, 0) is 31.9 Å². The molecule has 1 aromatic heterocycles. The number of nitrogens with zero attached hydrogens (tertiary/aromatic N) is 2. The summed E-state index contributed by atoms with van der Waals surface area (Å²) < 4.78 is 1.99.